The molecule has 3 N–H and O–H groups in total. The molecular weight excluding hydrogens is 220 g/mol. The molecule has 1 aromatic rings. The van der Waals surface area contributed by atoms with Crippen molar-refractivity contribution in [3.05, 3.63) is 0 Å². The molecule has 0 aromatic carbocycles. The summed E-state index contributed by atoms with van der Waals surface area (Å²) >= 11 is 0. The van der Waals surface area contributed by atoms with Gasteiger partial charge in [0.1, 0.15) is 0 Å². The molecule has 1 atom stereocenters. The van der Waals surface area contributed by atoms with Crippen LogP contribution in [0, 0.1) is 5.92 Å². The van der Waals surface area contributed by atoms with Crippen LogP contribution in [0.3, 0.4) is 0 Å². The Morgan fingerprint density at radius 1 is 1.41 bits per heavy atom. The predicted octanol–water partition coefficient (Wildman–Crippen LogP) is -0.0318. The number of rotatable bonds is 4. The average Bonchev–Trinajstić information content (AvgIpc) is 2.78. The summed E-state index contributed by atoms with van der Waals surface area (Å²) in [6.45, 7) is 2.44. The first-order chi connectivity index (χ1) is 8.15. The van der Waals surface area contributed by atoms with Gasteiger partial charge in [-0.2, -0.15) is 15.0 Å². The topological polar surface area (TPSA) is 89.2 Å². The summed E-state index contributed by atoms with van der Waals surface area (Å²) in [4.78, 5) is 14.1. The molecule has 94 valence electrons. The fourth-order valence-corrected chi connectivity index (χ4v) is 1.64. The molecule has 0 amide bonds. The highest BCUT2D eigenvalue weighted by Gasteiger charge is 2.16. The summed E-state index contributed by atoms with van der Waals surface area (Å²) in [5.41, 5.74) is 5.63. The predicted molar refractivity (Wildman–Crippen MR) is 66.0 cm³/mol. The third-order valence-electron chi connectivity index (χ3n) is 2.61. The van der Waals surface area contributed by atoms with Crippen LogP contribution in [0.15, 0.2) is 0 Å². The minimum absolute atomic E-state index is 0.230. The molecule has 1 unspecified atom stereocenters. The fraction of sp³-hybridized carbons (Fsp3) is 0.700. The van der Waals surface area contributed by atoms with E-state index in [4.69, 9.17) is 10.5 Å². The van der Waals surface area contributed by atoms with Crippen LogP contribution < -0.4 is 16.0 Å². The number of nitrogens with zero attached hydrogens (tertiary/aromatic N) is 4. The number of hydrogen-bond donors (Lipinski definition) is 2. The highest BCUT2D eigenvalue weighted by atomic mass is 16.5. The molecule has 1 aromatic heterocycles. The zero-order valence-corrected chi connectivity index (χ0v) is 10.2. The molecule has 2 heterocycles. The number of aromatic nitrogens is 3. The van der Waals surface area contributed by atoms with E-state index in [1.54, 1.807) is 4.90 Å². The molecule has 1 saturated heterocycles. The van der Waals surface area contributed by atoms with Crippen LogP contribution in [0.1, 0.15) is 6.42 Å². The Morgan fingerprint density at radius 3 is 2.88 bits per heavy atom. The van der Waals surface area contributed by atoms with Gasteiger partial charge in [0.25, 0.3) is 0 Å². The lowest BCUT2D eigenvalue weighted by Gasteiger charge is -2.13. The molecule has 1 fully saturated rings. The second-order valence-electron chi connectivity index (χ2n) is 4.32. The van der Waals surface area contributed by atoms with Crippen molar-refractivity contribution < 1.29 is 4.74 Å². The molecule has 17 heavy (non-hydrogen) atoms. The summed E-state index contributed by atoms with van der Waals surface area (Å²) in [5, 5.41) is 3.17. The van der Waals surface area contributed by atoms with Crippen LogP contribution in [-0.2, 0) is 4.74 Å². The van der Waals surface area contributed by atoms with Gasteiger partial charge in [0, 0.05) is 33.2 Å². The van der Waals surface area contributed by atoms with Crippen LogP contribution in [0.4, 0.5) is 17.8 Å². The average molecular weight is 238 g/mol. The molecule has 7 nitrogen and oxygen atoms in total. The Hall–Kier alpha value is -1.63. The minimum Gasteiger partial charge on any atom is -0.381 e. The second-order valence-corrected chi connectivity index (χ2v) is 4.32. The van der Waals surface area contributed by atoms with E-state index in [0.29, 0.717) is 17.8 Å². The molecule has 2 rings (SSSR count). The van der Waals surface area contributed by atoms with E-state index in [2.05, 4.69) is 20.3 Å². The molecular formula is C10H18N6O. The number of ether oxygens (including phenoxy) is 1. The van der Waals surface area contributed by atoms with E-state index in [1.165, 1.54) is 0 Å². The number of hydrogen-bond acceptors (Lipinski definition) is 7. The zero-order valence-electron chi connectivity index (χ0n) is 10.2. The summed E-state index contributed by atoms with van der Waals surface area (Å²) < 4.78 is 5.31. The Kier molecular flexibility index (Phi) is 3.58. The Balaban J connectivity index is 1.99. The van der Waals surface area contributed by atoms with Gasteiger partial charge in [-0.1, -0.05) is 0 Å². The van der Waals surface area contributed by atoms with Crippen LogP contribution in [0.25, 0.3) is 0 Å². The van der Waals surface area contributed by atoms with Gasteiger partial charge in [0.05, 0.1) is 6.61 Å². The summed E-state index contributed by atoms with van der Waals surface area (Å²) in [5.74, 6) is 1.83. The molecule has 1 aliphatic heterocycles. The van der Waals surface area contributed by atoms with Crippen molar-refractivity contribution in [3.63, 3.8) is 0 Å². The maximum Gasteiger partial charge on any atom is 0.231 e. The molecule has 0 spiro atoms. The monoisotopic (exact) mass is 238 g/mol. The van der Waals surface area contributed by atoms with E-state index in [9.17, 15) is 0 Å². The quantitative estimate of drug-likeness (QED) is 0.761. The van der Waals surface area contributed by atoms with Crippen molar-refractivity contribution in [3.8, 4) is 0 Å². The van der Waals surface area contributed by atoms with Gasteiger partial charge in [-0.15, -0.1) is 0 Å². The second kappa shape index (κ2) is 5.13. The third kappa shape index (κ3) is 3.16. The van der Waals surface area contributed by atoms with Crippen molar-refractivity contribution in [1.82, 2.24) is 15.0 Å². The van der Waals surface area contributed by atoms with Crippen molar-refractivity contribution >= 4 is 17.8 Å². The van der Waals surface area contributed by atoms with Crippen molar-refractivity contribution in [2.24, 2.45) is 5.92 Å². The van der Waals surface area contributed by atoms with Crippen molar-refractivity contribution in [2.75, 3.05) is 49.8 Å². The van der Waals surface area contributed by atoms with E-state index in [1.807, 2.05) is 14.1 Å². The maximum absolute atomic E-state index is 5.63. The van der Waals surface area contributed by atoms with Gasteiger partial charge in [-0.3, -0.25) is 0 Å². The van der Waals surface area contributed by atoms with E-state index in [0.717, 1.165) is 26.2 Å². The Bertz CT molecular complexity index is 377. The van der Waals surface area contributed by atoms with E-state index < -0.39 is 0 Å². The van der Waals surface area contributed by atoms with Crippen molar-refractivity contribution in [1.29, 1.82) is 0 Å². The van der Waals surface area contributed by atoms with Crippen LogP contribution in [0.5, 0.6) is 0 Å². The number of anilines is 3. The number of nitrogen functional groups attached to an aromatic ring is 1. The van der Waals surface area contributed by atoms with Gasteiger partial charge in [-0.25, -0.2) is 0 Å². The smallest absolute Gasteiger partial charge is 0.231 e. The molecule has 1 aliphatic rings. The molecule has 0 bridgehead atoms. The summed E-state index contributed by atoms with van der Waals surface area (Å²) in [7, 11) is 3.73. The normalized spacial score (nSPS) is 19.3. The highest BCUT2D eigenvalue weighted by Crippen LogP contribution is 2.14. The lowest BCUT2D eigenvalue weighted by molar-refractivity contribution is 0.187. The van der Waals surface area contributed by atoms with E-state index >= 15 is 0 Å². The van der Waals surface area contributed by atoms with Crippen LogP contribution >= 0.6 is 0 Å². The Labute approximate surface area is 100 Å². The number of nitrogens with one attached hydrogen (secondary N) is 1. The summed E-state index contributed by atoms with van der Waals surface area (Å²) in [6, 6.07) is 0. The SMILES string of the molecule is CN(C)c1nc(N)nc(NCC2CCOC2)n1. The first-order valence-corrected chi connectivity index (χ1v) is 5.65. The van der Waals surface area contributed by atoms with Crippen LogP contribution in [0.2, 0.25) is 0 Å². The zero-order chi connectivity index (χ0) is 12.3. The number of nitrogens with two attached hydrogens (primary N) is 1. The molecule has 0 aliphatic carbocycles. The van der Waals surface area contributed by atoms with Gasteiger partial charge in [-0.05, 0) is 6.42 Å². The first-order valence-electron chi connectivity index (χ1n) is 5.65. The molecule has 7 heteroatoms. The lowest BCUT2D eigenvalue weighted by Crippen LogP contribution is -2.19. The minimum atomic E-state index is 0.230. The molecule has 0 radical (unpaired) electrons. The van der Waals surface area contributed by atoms with Gasteiger partial charge in [0.2, 0.25) is 17.8 Å². The summed E-state index contributed by atoms with van der Waals surface area (Å²) in [6.07, 6.45) is 1.08. The third-order valence-corrected chi connectivity index (χ3v) is 2.61. The Morgan fingerprint density at radius 2 is 2.24 bits per heavy atom. The van der Waals surface area contributed by atoms with Gasteiger partial charge < -0.3 is 20.7 Å². The standard InChI is InChI=1S/C10H18N6O/c1-16(2)10-14-8(11)13-9(15-10)12-5-7-3-4-17-6-7/h7H,3-6H2,1-2H3,(H3,11,12,13,14,15). The highest BCUT2D eigenvalue weighted by molar-refractivity contribution is 5.40. The van der Waals surface area contributed by atoms with Crippen molar-refractivity contribution in [2.45, 2.75) is 6.42 Å². The fourth-order valence-electron chi connectivity index (χ4n) is 1.64. The maximum atomic E-state index is 5.63. The van der Waals surface area contributed by atoms with Gasteiger partial charge >= 0.3 is 0 Å². The van der Waals surface area contributed by atoms with Crippen LogP contribution in [-0.4, -0.2) is 48.8 Å². The van der Waals surface area contributed by atoms with E-state index in [-0.39, 0.29) is 5.95 Å². The lowest BCUT2D eigenvalue weighted by atomic mass is 10.1. The molecule has 0 saturated carbocycles. The largest absolute Gasteiger partial charge is 0.381 e. The van der Waals surface area contributed by atoms with Gasteiger partial charge in [0.15, 0.2) is 0 Å². The first kappa shape index (κ1) is 11.8.